The first-order valence-corrected chi connectivity index (χ1v) is 6.67. The molecule has 18 heavy (non-hydrogen) atoms. The standard InChI is InChI=1S/C15H22N2O/c1-11(2)12-4-6-13(7-5-12)15(18)17(3)14-8-9-16-10-14/h4-7,11,14,16H,8-10H2,1-3H3/t14-/m0/s1. The maximum Gasteiger partial charge on any atom is 0.253 e. The van der Waals surface area contributed by atoms with Crippen LogP contribution in [-0.4, -0.2) is 37.0 Å². The molecule has 0 spiro atoms. The number of hydrogen-bond acceptors (Lipinski definition) is 2. The highest BCUT2D eigenvalue weighted by Gasteiger charge is 2.23. The predicted octanol–water partition coefficient (Wildman–Crippen LogP) is 2.24. The molecule has 0 unspecified atom stereocenters. The van der Waals surface area contributed by atoms with Gasteiger partial charge in [-0.2, -0.15) is 0 Å². The van der Waals surface area contributed by atoms with Crippen LogP contribution in [0.5, 0.6) is 0 Å². The molecule has 0 radical (unpaired) electrons. The molecule has 0 saturated carbocycles. The van der Waals surface area contributed by atoms with Gasteiger partial charge in [0.1, 0.15) is 0 Å². The molecule has 3 nitrogen and oxygen atoms in total. The predicted molar refractivity (Wildman–Crippen MR) is 73.9 cm³/mol. The fourth-order valence-corrected chi connectivity index (χ4v) is 2.35. The number of nitrogens with zero attached hydrogens (tertiary/aromatic N) is 1. The van der Waals surface area contributed by atoms with Crippen LogP contribution < -0.4 is 5.32 Å². The Morgan fingerprint density at radius 3 is 2.50 bits per heavy atom. The van der Waals surface area contributed by atoms with E-state index in [1.165, 1.54) is 5.56 Å². The van der Waals surface area contributed by atoms with E-state index in [-0.39, 0.29) is 5.91 Å². The molecular formula is C15H22N2O. The molecule has 1 aromatic rings. The zero-order valence-corrected chi connectivity index (χ0v) is 11.4. The highest BCUT2D eigenvalue weighted by atomic mass is 16.2. The number of rotatable bonds is 3. The van der Waals surface area contributed by atoms with E-state index in [9.17, 15) is 4.79 Å². The quantitative estimate of drug-likeness (QED) is 0.887. The first-order chi connectivity index (χ1) is 8.59. The van der Waals surface area contributed by atoms with Crippen molar-refractivity contribution in [2.24, 2.45) is 0 Å². The Morgan fingerprint density at radius 1 is 1.33 bits per heavy atom. The van der Waals surface area contributed by atoms with Gasteiger partial charge in [0.25, 0.3) is 5.91 Å². The van der Waals surface area contributed by atoms with Gasteiger partial charge < -0.3 is 10.2 Å². The molecule has 1 atom stereocenters. The number of amides is 1. The summed E-state index contributed by atoms with van der Waals surface area (Å²) in [5, 5.41) is 3.29. The average Bonchev–Trinajstić information content (AvgIpc) is 2.91. The van der Waals surface area contributed by atoms with Crippen LogP contribution in [0, 0.1) is 0 Å². The van der Waals surface area contributed by atoms with Gasteiger partial charge in [0, 0.05) is 25.2 Å². The summed E-state index contributed by atoms with van der Waals surface area (Å²) in [6, 6.07) is 8.33. The van der Waals surface area contributed by atoms with Gasteiger partial charge in [-0.1, -0.05) is 26.0 Å². The summed E-state index contributed by atoms with van der Waals surface area (Å²) in [5.41, 5.74) is 2.06. The summed E-state index contributed by atoms with van der Waals surface area (Å²) in [4.78, 5) is 14.2. The van der Waals surface area contributed by atoms with Gasteiger partial charge in [0.15, 0.2) is 0 Å². The van der Waals surface area contributed by atoms with E-state index in [2.05, 4.69) is 31.3 Å². The van der Waals surface area contributed by atoms with Crippen LogP contribution in [0.15, 0.2) is 24.3 Å². The molecule has 1 amide bonds. The lowest BCUT2D eigenvalue weighted by Gasteiger charge is -2.24. The maximum atomic E-state index is 12.3. The van der Waals surface area contributed by atoms with E-state index in [1.54, 1.807) is 0 Å². The minimum Gasteiger partial charge on any atom is -0.337 e. The summed E-state index contributed by atoms with van der Waals surface area (Å²) in [7, 11) is 1.90. The van der Waals surface area contributed by atoms with Gasteiger partial charge in [-0.15, -0.1) is 0 Å². The minimum atomic E-state index is 0.124. The number of nitrogens with one attached hydrogen (secondary N) is 1. The Bertz CT molecular complexity index is 405. The van der Waals surface area contributed by atoms with Gasteiger partial charge in [0.2, 0.25) is 0 Å². The van der Waals surface area contributed by atoms with Crippen LogP contribution in [0.3, 0.4) is 0 Å². The van der Waals surface area contributed by atoms with E-state index in [1.807, 2.05) is 24.1 Å². The van der Waals surface area contributed by atoms with Crippen molar-refractivity contribution < 1.29 is 4.79 Å². The Morgan fingerprint density at radius 2 is 2.00 bits per heavy atom. The van der Waals surface area contributed by atoms with Crippen molar-refractivity contribution in [1.29, 1.82) is 0 Å². The lowest BCUT2D eigenvalue weighted by atomic mass is 10.0. The maximum absolute atomic E-state index is 12.3. The molecule has 1 N–H and O–H groups in total. The fourth-order valence-electron chi connectivity index (χ4n) is 2.35. The third kappa shape index (κ3) is 2.72. The summed E-state index contributed by atoms with van der Waals surface area (Å²) in [6.07, 6.45) is 1.05. The van der Waals surface area contributed by atoms with E-state index in [4.69, 9.17) is 0 Å². The Hall–Kier alpha value is -1.35. The molecule has 1 fully saturated rings. The van der Waals surface area contributed by atoms with Crippen molar-refractivity contribution in [3.05, 3.63) is 35.4 Å². The SMILES string of the molecule is CC(C)c1ccc(C(=O)N(C)[C@H]2CCNC2)cc1. The van der Waals surface area contributed by atoms with Crippen molar-refractivity contribution in [2.75, 3.05) is 20.1 Å². The fraction of sp³-hybridized carbons (Fsp3) is 0.533. The lowest BCUT2D eigenvalue weighted by Crippen LogP contribution is -2.38. The topological polar surface area (TPSA) is 32.3 Å². The Labute approximate surface area is 109 Å². The van der Waals surface area contributed by atoms with Crippen LogP contribution in [0.2, 0.25) is 0 Å². The lowest BCUT2D eigenvalue weighted by molar-refractivity contribution is 0.0744. The largest absolute Gasteiger partial charge is 0.337 e. The summed E-state index contributed by atoms with van der Waals surface area (Å²) < 4.78 is 0. The second-order valence-corrected chi connectivity index (χ2v) is 5.34. The zero-order chi connectivity index (χ0) is 13.1. The van der Waals surface area contributed by atoms with Crippen LogP contribution in [0.4, 0.5) is 0 Å². The molecule has 1 heterocycles. The first kappa shape index (κ1) is 13.1. The van der Waals surface area contributed by atoms with Gasteiger partial charge in [-0.25, -0.2) is 0 Å². The third-order valence-electron chi connectivity index (χ3n) is 3.73. The molecule has 1 saturated heterocycles. The first-order valence-electron chi connectivity index (χ1n) is 6.67. The smallest absolute Gasteiger partial charge is 0.253 e. The van der Waals surface area contributed by atoms with E-state index in [0.717, 1.165) is 25.1 Å². The van der Waals surface area contributed by atoms with Crippen molar-refractivity contribution >= 4 is 5.91 Å². The molecular weight excluding hydrogens is 224 g/mol. The average molecular weight is 246 g/mol. The van der Waals surface area contributed by atoms with E-state index < -0.39 is 0 Å². The van der Waals surface area contributed by atoms with Gasteiger partial charge in [-0.05, 0) is 36.6 Å². The summed E-state index contributed by atoms with van der Waals surface area (Å²) in [5.74, 6) is 0.630. The van der Waals surface area contributed by atoms with Crippen LogP contribution in [0.25, 0.3) is 0 Å². The third-order valence-corrected chi connectivity index (χ3v) is 3.73. The molecule has 0 aromatic heterocycles. The summed E-state index contributed by atoms with van der Waals surface area (Å²) >= 11 is 0. The van der Waals surface area contributed by atoms with Gasteiger partial charge in [0.05, 0.1) is 0 Å². The molecule has 3 heteroatoms. The normalized spacial score (nSPS) is 19.2. The van der Waals surface area contributed by atoms with Crippen molar-refractivity contribution in [2.45, 2.75) is 32.2 Å². The monoisotopic (exact) mass is 246 g/mol. The van der Waals surface area contributed by atoms with Crippen molar-refractivity contribution in [3.63, 3.8) is 0 Å². The van der Waals surface area contributed by atoms with E-state index >= 15 is 0 Å². The molecule has 98 valence electrons. The number of hydrogen-bond donors (Lipinski definition) is 1. The Balaban J connectivity index is 2.08. The number of carbonyl (C=O) groups excluding carboxylic acids is 1. The molecule has 1 aliphatic rings. The van der Waals surface area contributed by atoms with Gasteiger partial charge >= 0.3 is 0 Å². The number of benzene rings is 1. The highest BCUT2D eigenvalue weighted by Crippen LogP contribution is 2.17. The zero-order valence-electron chi connectivity index (χ0n) is 11.4. The highest BCUT2D eigenvalue weighted by molar-refractivity contribution is 5.94. The number of likely N-dealkylation sites (N-methyl/N-ethyl adjacent to an activating group) is 1. The van der Waals surface area contributed by atoms with Crippen LogP contribution >= 0.6 is 0 Å². The molecule has 1 aliphatic heterocycles. The second-order valence-electron chi connectivity index (χ2n) is 5.34. The van der Waals surface area contributed by atoms with Crippen molar-refractivity contribution in [3.8, 4) is 0 Å². The summed E-state index contributed by atoms with van der Waals surface area (Å²) in [6.45, 7) is 6.24. The van der Waals surface area contributed by atoms with Gasteiger partial charge in [-0.3, -0.25) is 4.79 Å². The van der Waals surface area contributed by atoms with E-state index in [0.29, 0.717) is 12.0 Å². The molecule has 0 aliphatic carbocycles. The van der Waals surface area contributed by atoms with Crippen molar-refractivity contribution in [1.82, 2.24) is 10.2 Å². The van der Waals surface area contributed by atoms with Crippen LogP contribution in [0.1, 0.15) is 42.1 Å². The molecule has 1 aromatic carbocycles. The molecule has 2 rings (SSSR count). The number of carbonyl (C=O) groups is 1. The Kier molecular flexibility index (Phi) is 4.02. The molecule has 0 bridgehead atoms. The second kappa shape index (κ2) is 5.53. The van der Waals surface area contributed by atoms with Crippen LogP contribution in [-0.2, 0) is 0 Å². The minimum absolute atomic E-state index is 0.124.